The van der Waals surface area contributed by atoms with Crippen LogP contribution in [0.3, 0.4) is 0 Å². The molecule has 1 amide bonds. The minimum atomic E-state index is 0.0258. The van der Waals surface area contributed by atoms with Crippen molar-refractivity contribution >= 4 is 5.91 Å². The van der Waals surface area contributed by atoms with Crippen LogP contribution in [0.5, 0.6) is 0 Å². The van der Waals surface area contributed by atoms with Crippen LogP contribution in [0.15, 0.2) is 29.0 Å². The van der Waals surface area contributed by atoms with Crippen LogP contribution in [0.2, 0.25) is 0 Å². The lowest BCUT2D eigenvalue weighted by Gasteiger charge is -2.33. The Bertz CT molecular complexity index is 688. The van der Waals surface area contributed by atoms with Gasteiger partial charge in [-0.25, -0.2) is 0 Å². The minimum absolute atomic E-state index is 0.0258. The maximum Gasteiger partial charge on any atom is 0.227 e. The first-order valence-corrected chi connectivity index (χ1v) is 9.46. The zero-order chi connectivity index (χ0) is 18.2. The lowest BCUT2D eigenvalue weighted by atomic mass is 10.0. The van der Waals surface area contributed by atoms with Crippen LogP contribution < -0.4 is 5.32 Å². The predicted molar refractivity (Wildman–Crippen MR) is 98.4 cm³/mol. The number of aromatic nitrogens is 3. The van der Waals surface area contributed by atoms with Gasteiger partial charge in [-0.3, -0.25) is 9.78 Å². The number of carbonyl (C=O) groups is 1. The molecule has 1 aliphatic rings. The molecular formula is C19H27N5O2. The average Bonchev–Trinajstić information content (AvgIpc) is 3.15. The first-order chi connectivity index (χ1) is 12.7. The molecule has 0 aliphatic carbocycles. The van der Waals surface area contributed by atoms with Gasteiger partial charge in [-0.2, -0.15) is 4.98 Å². The molecule has 1 unspecified atom stereocenters. The lowest BCUT2D eigenvalue weighted by molar-refractivity contribution is -0.121. The second kappa shape index (κ2) is 9.43. The van der Waals surface area contributed by atoms with Gasteiger partial charge < -0.3 is 14.7 Å². The maximum atomic E-state index is 12.0. The highest BCUT2D eigenvalue weighted by Crippen LogP contribution is 2.16. The van der Waals surface area contributed by atoms with Crippen molar-refractivity contribution in [2.24, 2.45) is 0 Å². The summed E-state index contributed by atoms with van der Waals surface area (Å²) in [6.45, 7) is 5.25. The molecule has 7 heteroatoms. The van der Waals surface area contributed by atoms with E-state index in [2.05, 4.69) is 32.3 Å². The number of pyridine rings is 1. The van der Waals surface area contributed by atoms with E-state index in [9.17, 15) is 4.79 Å². The molecule has 0 saturated carbocycles. The van der Waals surface area contributed by atoms with Crippen molar-refractivity contribution in [3.8, 4) is 11.4 Å². The average molecular weight is 357 g/mol. The fourth-order valence-corrected chi connectivity index (χ4v) is 3.28. The van der Waals surface area contributed by atoms with Crippen LogP contribution in [0.1, 0.15) is 44.9 Å². The molecule has 1 aliphatic heterocycles. The molecule has 2 aromatic rings. The lowest BCUT2D eigenvalue weighted by Crippen LogP contribution is -2.39. The van der Waals surface area contributed by atoms with E-state index in [1.165, 1.54) is 25.8 Å². The van der Waals surface area contributed by atoms with Gasteiger partial charge in [0, 0.05) is 49.9 Å². The summed E-state index contributed by atoms with van der Waals surface area (Å²) in [7, 11) is 0. The van der Waals surface area contributed by atoms with Gasteiger partial charge in [0.15, 0.2) is 0 Å². The van der Waals surface area contributed by atoms with Gasteiger partial charge >= 0.3 is 0 Å². The van der Waals surface area contributed by atoms with Crippen LogP contribution in [0, 0.1) is 0 Å². The Morgan fingerprint density at radius 3 is 3.15 bits per heavy atom. The minimum Gasteiger partial charge on any atom is -0.356 e. The van der Waals surface area contributed by atoms with E-state index in [1.807, 2.05) is 12.1 Å². The van der Waals surface area contributed by atoms with E-state index < -0.39 is 0 Å². The third-order valence-electron chi connectivity index (χ3n) is 4.84. The third kappa shape index (κ3) is 5.36. The summed E-state index contributed by atoms with van der Waals surface area (Å²) in [6.07, 6.45) is 9.09. The fraction of sp³-hybridized carbons (Fsp3) is 0.579. The van der Waals surface area contributed by atoms with Crippen LogP contribution in [-0.2, 0) is 11.2 Å². The summed E-state index contributed by atoms with van der Waals surface area (Å²) in [5.74, 6) is 1.00. The Balaban J connectivity index is 1.33. The van der Waals surface area contributed by atoms with Crippen LogP contribution in [0.4, 0.5) is 0 Å². The summed E-state index contributed by atoms with van der Waals surface area (Å²) in [5, 5.41) is 6.92. The Morgan fingerprint density at radius 2 is 2.35 bits per heavy atom. The third-order valence-corrected chi connectivity index (χ3v) is 4.84. The van der Waals surface area contributed by atoms with Crippen LogP contribution in [0.25, 0.3) is 11.4 Å². The number of hydrogen-bond donors (Lipinski definition) is 1. The summed E-state index contributed by atoms with van der Waals surface area (Å²) in [5.41, 5.74) is 0.805. The molecule has 1 fully saturated rings. The van der Waals surface area contributed by atoms with E-state index in [1.54, 1.807) is 12.4 Å². The number of likely N-dealkylation sites (tertiary alicyclic amines) is 1. The topological polar surface area (TPSA) is 84.2 Å². The van der Waals surface area contributed by atoms with Gasteiger partial charge in [0.1, 0.15) is 0 Å². The van der Waals surface area contributed by atoms with Gasteiger partial charge in [0.05, 0.1) is 0 Å². The molecule has 0 aromatic carbocycles. The molecular weight excluding hydrogens is 330 g/mol. The number of hydrogen-bond acceptors (Lipinski definition) is 6. The number of carbonyl (C=O) groups excluding carboxylic acids is 1. The summed E-state index contributed by atoms with van der Waals surface area (Å²) < 4.78 is 5.21. The van der Waals surface area contributed by atoms with Crippen molar-refractivity contribution in [2.45, 2.75) is 51.5 Å². The van der Waals surface area contributed by atoms with Gasteiger partial charge in [0.25, 0.3) is 0 Å². The second-order valence-corrected chi connectivity index (χ2v) is 6.84. The van der Waals surface area contributed by atoms with Crippen molar-refractivity contribution in [3.05, 3.63) is 30.4 Å². The maximum absolute atomic E-state index is 12.0. The van der Waals surface area contributed by atoms with Crippen LogP contribution >= 0.6 is 0 Å². The van der Waals surface area contributed by atoms with Gasteiger partial charge in [-0.15, -0.1) is 0 Å². The highest BCUT2D eigenvalue weighted by molar-refractivity contribution is 5.75. The molecule has 7 nitrogen and oxygen atoms in total. The molecule has 2 aromatic heterocycles. The van der Waals surface area contributed by atoms with Gasteiger partial charge in [0.2, 0.25) is 17.6 Å². The molecule has 1 atom stereocenters. The van der Waals surface area contributed by atoms with E-state index in [0.717, 1.165) is 18.5 Å². The number of nitrogens with one attached hydrogen (secondary N) is 1. The molecule has 3 rings (SSSR count). The Hall–Kier alpha value is -2.28. The summed E-state index contributed by atoms with van der Waals surface area (Å²) >= 11 is 0. The zero-order valence-electron chi connectivity index (χ0n) is 15.4. The molecule has 0 radical (unpaired) electrons. The number of nitrogens with zero attached hydrogens (tertiary/aromatic N) is 4. The smallest absolute Gasteiger partial charge is 0.227 e. The van der Waals surface area contributed by atoms with Gasteiger partial charge in [-0.05, 0) is 44.9 Å². The molecule has 0 bridgehead atoms. The molecule has 1 N–H and O–H groups in total. The normalized spacial score (nSPS) is 18.0. The Labute approximate surface area is 154 Å². The SMILES string of the molecule is CC1CCCCN1CCCNC(=O)CCc1nc(-c2cccnc2)no1. The van der Waals surface area contributed by atoms with E-state index in [-0.39, 0.29) is 5.91 Å². The van der Waals surface area contributed by atoms with Crippen molar-refractivity contribution in [1.29, 1.82) is 0 Å². The predicted octanol–water partition coefficient (Wildman–Crippen LogP) is 2.44. The number of rotatable bonds is 8. The number of aryl methyl sites for hydroxylation is 1. The van der Waals surface area contributed by atoms with Crippen LogP contribution in [-0.4, -0.2) is 51.6 Å². The first-order valence-electron chi connectivity index (χ1n) is 9.46. The molecule has 140 valence electrons. The largest absolute Gasteiger partial charge is 0.356 e. The van der Waals surface area contributed by atoms with Crippen molar-refractivity contribution in [3.63, 3.8) is 0 Å². The standard InChI is InChI=1S/C19H27N5O2/c1-15-6-2-3-12-24(15)13-5-11-21-17(25)8-9-18-22-19(23-26-18)16-7-4-10-20-14-16/h4,7,10,14-15H,2-3,5-6,8-9,11-13H2,1H3,(H,21,25). The Morgan fingerprint density at radius 1 is 1.42 bits per heavy atom. The Kier molecular flexibility index (Phi) is 6.71. The first kappa shape index (κ1) is 18.5. The summed E-state index contributed by atoms with van der Waals surface area (Å²) in [6, 6.07) is 4.37. The number of piperidine rings is 1. The quantitative estimate of drug-likeness (QED) is 0.731. The molecule has 3 heterocycles. The van der Waals surface area contributed by atoms with E-state index in [4.69, 9.17) is 4.52 Å². The van der Waals surface area contributed by atoms with E-state index in [0.29, 0.717) is 37.1 Å². The van der Waals surface area contributed by atoms with Gasteiger partial charge in [-0.1, -0.05) is 11.6 Å². The van der Waals surface area contributed by atoms with Crippen molar-refractivity contribution in [2.75, 3.05) is 19.6 Å². The summed E-state index contributed by atoms with van der Waals surface area (Å²) in [4.78, 5) is 22.9. The second-order valence-electron chi connectivity index (χ2n) is 6.84. The fourth-order valence-electron chi connectivity index (χ4n) is 3.28. The highest BCUT2D eigenvalue weighted by atomic mass is 16.5. The van der Waals surface area contributed by atoms with Crippen molar-refractivity contribution in [1.82, 2.24) is 25.3 Å². The molecule has 0 spiro atoms. The molecule has 26 heavy (non-hydrogen) atoms. The van der Waals surface area contributed by atoms with Crippen molar-refractivity contribution < 1.29 is 9.32 Å². The molecule has 1 saturated heterocycles. The highest BCUT2D eigenvalue weighted by Gasteiger charge is 2.17. The van der Waals surface area contributed by atoms with E-state index >= 15 is 0 Å². The number of amides is 1. The zero-order valence-corrected chi connectivity index (χ0v) is 15.4. The monoisotopic (exact) mass is 357 g/mol.